The predicted molar refractivity (Wildman–Crippen MR) is 142 cm³/mol. The van der Waals surface area contributed by atoms with E-state index in [1.54, 1.807) is 0 Å². The van der Waals surface area contributed by atoms with Crippen molar-refractivity contribution in [2.24, 2.45) is 46.3 Å². The first-order chi connectivity index (χ1) is 17.1. The van der Waals surface area contributed by atoms with Crippen LogP contribution < -0.4 is 0 Å². The number of H-pyrrole nitrogens is 1. The molecule has 0 bridgehead atoms. The van der Waals surface area contributed by atoms with Gasteiger partial charge in [0.1, 0.15) is 5.82 Å². The van der Waals surface area contributed by atoms with Crippen LogP contribution in [0.1, 0.15) is 83.5 Å². The molecular weight excluding hydrogens is 448 g/mol. The van der Waals surface area contributed by atoms with E-state index in [1.807, 2.05) is 0 Å². The fraction of sp³-hybridized carbons (Fsp3) is 0.774. The summed E-state index contributed by atoms with van der Waals surface area (Å²) >= 11 is 0. The number of imidazole rings is 1. The minimum Gasteiger partial charge on any atom is -0.393 e. The van der Waals surface area contributed by atoms with Crippen molar-refractivity contribution in [3.63, 3.8) is 0 Å². The van der Waals surface area contributed by atoms with Gasteiger partial charge in [-0.2, -0.15) is 0 Å². The van der Waals surface area contributed by atoms with E-state index in [9.17, 15) is 15.3 Å². The van der Waals surface area contributed by atoms with Crippen LogP contribution in [0.5, 0.6) is 0 Å². The SMILES string of the molecule is Cc1ccc2[nH]c(CCC(C)[C@H]3CC[C@H]4[C@@H]5[C@H](O)C[C@@H]6C[C@H](O)CC[C@]6(C)[C@H]5C[C@H](O)[C@]34C)nc2c1. The van der Waals surface area contributed by atoms with E-state index in [0.717, 1.165) is 74.6 Å². The number of nitrogens with zero attached hydrogens (tertiary/aromatic N) is 1. The molecule has 0 aliphatic heterocycles. The van der Waals surface area contributed by atoms with E-state index in [-0.39, 0.29) is 35.1 Å². The zero-order valence-electron chi connectivity index (χ0n) is 22.6. The lowest BCUT2D eigenvalue weighted by Crippen LogP contribution is -2.62. The van der Waals surface area contributed by atoms with E-state index in [2.05, 4.69) is 50.9 Å². The van der Waals surface area contributed by atoms with Gasteiger partial charge < -0.3 is 20.3 Å². The summed E-state index contributed by atoms with van der Waals surface area (Å²) in [5, 5.41) is 33.6. The van der Waals surface area contributed by atoms with E-state index in [1.165, 1.54) is 5.56 Å². The van der Waals surface area contributed by atoms with Crippen molar-refractivity contribution in [2.75, 3.05) is 0 Å². The molecule has 6 rings (SSSR count). The molecule has 4 aliphatic rings. The summed E-state index contributed by atoms with van der Waals surface area (Å²) in [4.78, 5) is 8.35. The van der Waals surface area contributed by atoms with Crippen molar-refractivity contribution >= 4 is 11.0 Å². The van der Waals surface area contributed by atoms with Crippen molar-refractivity contribution in [1.29, 1.82) is 0 Å². The van der Waals surface area contributed by atoms with Crippen molar-refractivity contribution in [3.05, 3.63) is 29.6 Å². The summed E-state index contributed by atoms with van der Waals surface area (Å²) < 4.78 is 0. The molecular formula is C31H46N2O3. The number of benzene rings is 1. The third kappa shape index (κ3) is 3.71. The quantitative estimate of drug-likeness (QED) is 0.458. The summed E-state index contributed by atoms with van der Waals surface area (Å²) in [7, 11) is 0. The lowest BCUT2D eigenvalue weighted by atomic mass is 9.43. The molecule has 36 heavy (non-hydrogen) atoms. The molecule has 5 heteroatoms. The summed E-state index contributed by atoms with van der Waals surface area (Å²) in [5.74, 6) is 3.43. The molecule has 0 amide bonds. The largest absolute Gasteiger partial charge is 0.393 e. The van der Waals surface area contributed by atoms with Crippen molar-refractivity contribution in [2.45, 2.75) is 104 Å². The summed E-state index contributed by atoms with van der Waals surface area (Å²) in [6, 6.07) is 6.39. The average Bonchev–Trinajstić information content (AvgIpc) is 3.40. The Bertz CT molecular complexity index is 1110. The van der Waals surface area contributed by atoms with Gasteiger partial charge in [0.05, 0.1) is 29.3 Å². The molecule has 198 valence electrons. The number of fused-ring (bicyclic) bond motifs is 6. The lowest BCUT2D eigenvalue weighted by molar-refractivity contribution is -0.207. The number of hydrogen-bond acceptors (Lipinski definition) is 4. The maximum atomic E-state index is 11.8. The minimum absolute atomic E-state index is 0.134. The lowest BCUT2D eigenvalue weighted by Gasteiger charge is -2.63. The normalized spacial score (nSPS) is 45.2. The molecule has 1 unspecified atom stereocenters. The van der Waals surface area contributed by atoms with Gasteiger partial charge in [-0.1, -0.05) is 26.8 Å². The van der Waals surface area contributed by atoms with Crippen LogP contribution in [0.3, 0.4) is 0 Å². The molecule has 0 spiro atoms. The minimum atomic E-state index is -0.317. The highest BCUT2D eigenvalue weighted by molar-refractivity contribution is 5.75. The maximum Gasteiger partial charge on any atom is 0.107 e. The van der Waals surface area contributed by atoms with Crippen LogP contribution in [-0.4, -0.2) is 43.6 Å². The molecule has 1 heterocycles. The Morgan fingerprint density at radius 2 is 1.86 bits per heavy atom. The van der Waals surface area contributed by atoms with E-state index >= 15 is 0 Å². The van der Waals surface area contributed by atoms with E-state index < -0.39 is 0 Å². The Morgan fingerprint density at radius 1 is 1.06 bits per heavy atom. The second kappa shape index (κ2) is 8.81. The molecule has 1 aromatic carbocycles. The van der Waals surface area contributed by atoms with Crippen LogP contribution in [0.2, 0.25) is 0 Å². The number of aromatic nitrogens is 2. The second-order valence-electron chi connectivity index (χ2n) is 13.7. The van der Waals surface area contributed by atoms with Gasteiger partial charge in [-0.05, 0) is 122 Å². The molecule has 4 fully saturated rings. The van der Waals surface area contributed by atoms with Gasteiger partial charge in [-0.25, -0.2) is 4.98 Å². The molecule has 4 saturated carbocycles. The van der Waals surface area contributed by atoms with Gasteiger partial charge in [0.15, 0.2) is 0 Å². The number of nitrogens with one attached hydrogen (secondary N) is 1. The molecule has 0 saturated heterocycles. The van der Waals surface area contributed by atoms with Gasteiger partial charge >= 0.3 is 0 Å². The topological polar surface area (TPSA) is 89.4 Å². The van der Waals surface area contributed by atoms with Crippen LogP contribution in [0.25, 0.3) is 11.0 Å². The molecule has 0 radical (unpaired) electrons. The molecule has 11 atom stereocenters. The van der Waals surface area contributed by atoms with Gasteiger partial charge in [0.25, 0.3) is 0 Å². The van der Waals surface area contributed by atoms with E-state index in [0.29, 0.717) is 29.6 Å². The number of rotatable bonds is 4. The summed E-state index contributed by atoms with van der Waals surface area (Å²) in [5.41, 5.74) is 3.39. The fourth-order valence-electron chi connectivity index (χ4n) is 9.98. The van der Waals surface area contributed by atoms with Crippen LogP contribution in [0, 0.1) is 53.3 Å². The van der Waals surface area contributed by atoms with Crippen LogP contribution in [0.4, 0.5) is 0 Å². The van der Waals surface area contributed by atoms with Crippen LogP contribution in [-0.2, 0) is 6.42 Å². The summed E-state index contributed by atoms with van der Waals surface area (Å²) in [6.45, 7) is 9.24. The Morgan fingerprint density at radius 3 is 2.67 bits per heavy atom. The number of aliphatic hydroxyl groups is 3. The van der Waals surface area contributed by atoms with Gasteiger partial charge in [0, 0.05) is 6.42 Å². The third-order valence-corrected chi connectivity index (χ3v) is 12.0. The number of aryl methyl sites for hydroxylation is 2. The third-order valence-electron chi connectivity index (χ3n) is 12.0. The number of aliphatic hydroxyl groups excluding tert-OH is 3. The number of hydrogen-bond donors (Lipinski definition) is 4. The average molecular weight is 495 g/mol. The van der Waals surface area contributed by atoms with Crippen molar-refractivity contribution in [3.8, 4) is 0 Å². The van der Waals surface area contributed by atoms with E-state index in [4.69, 9.17) is 4.98 Å². The first-order valence-corrected chi connectivity index (χ1v) is 14.6. The van der Waals surface area contributed by atoms with Crippen molar-refractivity contribution in [1.82, 2.24) is 9.97 Å². The molecule has 2 aromatic rings. The van der Waals surface area contributed by atoms with Gasteiger partial charge in [-0.3, -0.25) is 0 Å². The Kier molecular flexibility index (Phi) is 6.09. The monoisotopic (exact) mass is 494 g/mol. The Labute approximate surface area is 216 Å². The predicted octanol–water partition coefficient (Wildman–Crippen LogP) is 5.40. The molecule has 5 nitrogen and oxygen atoms in total. The first kappa shape index (κ1) is 24.9. The highest BCUT2D eigenvalue weighted by Crippen LogP contribution is 2.68. The zero-order chi connectivity index (χ0) is 25.4. The standard InChI is InChI=1S/C31H46N2O3/c1-17-5-9-24-25(13-17)33-28(32-24)10-6-18(2)21-7-8-22-29-23(16-27(36)31(21,22)4)30(3)12-11-20(34)14-19(30)15-26(29)35/h5,9,13,18-23,26-27,29,34-36H,6-8,10-12,14-16H2,1-4H3,(H,32,33)/t18?,19-,20+,21+,22-,23-,26+,27-,29-,30-,31+/m0/s1. The highest BCUT2D eigenvalue weighted by Gasteiger charge is 2.65. The second-order valence-corrected chi connectivity index (χ2v) is 13.7. The van der Waals surface area contributed by atoms with Crippen molar-refractivity contribution < 1.29 is 15.3 Å². The Hall–Kier alpha value is -1.43. The maximum absolute atomic E-state index is 11.8. The van der Waals surface area contributed by atoms with Crippen LogP contribution in [0.15, 0.2) is 18.2 Å². The zero-order valence-corrected chi connectivity index (χ0v) is 22.6. The van der Waals surface area contributed by atoms with Gasteiger partial charge in [0.2, 0.25) is 0 Å². The Balaban J connectivity index is 1.20. The van der Waals surface area contributed by atoms with Crippen LogP contribution >= 0.6 is 0 Å². The molecule has 4 aliphatic carbocycles. The molecule has 1 aromatic heterocycles. The number of aromatic amines is 1. The highest BCUT2D eigenvalue weighted by atomic mass is 16.3. The molecule has 4 N–H and O–H groups in total. The smallest absolute Gasteiger partial charge is 0.107 e. The summed E-state index contributed by atoms with van der Waals surface area (Å²) in [6.07, 6.45) is 7.76. The van der Waals surface area contributed by atoms with Gasteiger partial charge in [-0.15, -0.1) is 0 Å². The first-order valence-electron chi connectivity index (χ1n) is 14.6. The fourth-order valence-corrected chi connectivity index (χ4v) is 9.98.